The number of fused-ring (bicyclic) bond motifs is 2. The number of allylic oxidation sites excluding steroid dienone is 1. The predicted molar refractivity (Wildman–Crippen MR) is 137 cm³/mol. The van der Waals surface area contributed by atoms with Crippen molar-refractivity contribution < 1.29 is 75.4 Å². The van der Waals surface area contributed by atoms with Gasteiger partial charge in [0.1, 0.15) is 30.2 Å². The van der Waals surface area contributed by atoms with E-state index >= 15 is 0 Å². The van der Waals surface area contributed by atoms with Crippen LogP contribution in [-0.2, 0) is 41.1 Å². The molecule has 2 aliphatic heterocycles. The Morgan fingerprint density at radius 3 is 2.26 bits per heavy atom. The molecule has 0 radical (unpaired) electrons. The fraction of sp³-hybridized carbons (Fsp3) is 0.438. The Labute approximate surface area is 251 Å². The number of nitrogens with two attached hydrogens (primary N) is 1. The van der Waals surface area contributed by atoms with Gasteiger partial charge >= 0.3 is 41.0 Å². The molecule has 8 unspecified atom stereocenters. The summed E-state index contributed by atoms with van der Waals surface area (Å²) in [4.78, 5) is 80.6. The van der Waals surface area contributed by atoms with E-state index in [1.807, 2.05) is 0 Å². The number of nitrogen functional groups attached to an aromatic ring is 1. The smallest absolute Gasteiger partial charge is 0.382 e. The normalized spacial score (nSPS) is 30.3. The van der Waals surface area contributed by atoms with Crippen molar-refractivity contribution in [1.82, 2.24) is 19.5 Å². The minimum Gasteiger partial charge on any atom is -0.382 e. The van der Waals surface area contributed by atoms with Crippen molar-refractivity contribution >= 4 is 40.4 Å². The molecule has 46 heavy (non-hydrogen) atoms. The van der Waals surface area contributed by atoms with Gasteiger partial charge in [-0.3, -0.25) is 39.4 Å². The number of anilines is 1. The Kier molecular flexibility index (Phi) is 8.44. The van der Waals surface area contributed by atoms with E-state index in [0.29, 0.717) is 12.2 Å². The van der Waals surface area contributed by atoms with Gasteiger partial charge in [0.15, 0.2) is 17.7 Å². The second kappa shape index (κ2) is 11.5. The van der Waals surface area contributed by atoms with E-state index in [4.69, 9.17) is 29.7 Å². The molecule has 30 heteroatoms. The molecule has 27 nitrogen and oxygen atoms in total. The van der Waals surface area contributed by atoms with Crippen molar-refractivity contribution in [3.63, 3.8) is 0 Å². The maximum atomic E-state index is 12.4. The third-order valence-electron chi connectivity index (χ3n) is 6.38. The Balaban J connectivity index is 1.53. The molecule has 1 aliphatic carbocycles. The molecule has 6 N–H and O–H groups in total. The van der Waals surface area contributed by atoms with Crippen LogP contribution in [0.1, 0.15) is 6.23 Å². The molecule has 1 spiro atoms. The third-order valence-corrected chi connectivity index (χ3v) is 10.2. The molecule has 8 atom stereocenters. The first kappa shape index (κ1) is 33.7. The topological polar surface area (TPSA) is 387 Å². The molecular weight excluding hydrogens is 701 g/mol. The minimum absolute atomic E-state index is 0.0123. The highest BCUT2D eigenvalue weighted by atomic mass is 31.3. The number of aromatic nitrogens is 4. The van der Waals surface area contributed by atoms with Gasteiger partial charge in [0.2, 0.25) is 0 Å². The molecule has 2 saturated heterocycles. The van der Waals surface area contributed by atoms with Crippen LogP contribution in [0.15, 0.2) is 36.2 Å². The fourth-order valence-electron chi connectivity index (χ4n) is 4.76. The largest absolute Gasteiger partial charge is 0.490 e. The van der Waals surface area contributed by atoms with Gasteiger partial charge in [-0.1, -0.05) is 0 Å². The van der Waals surface area contributed by atoms with Crippen LogP contribution in [0.5, 0.6) is 0 Å². The van der Waals surface area contributed by atoms with Crippen LogP contribution in [0.2, 0.25) is 0 Å². The van der Waals surface area contributed by atoms with E-state index in [2.05, 4.69) is 28.1 Å². The molecule has 0 bridgehead atoms. The highest BCUT2D eigenvalue weighted by Crippen LogP contribution is 2.66. The molecular formula is C16H17N8O19P3. The van der Waals surface area contributed by atoms with Gasteiger partial charge in [-0.2, -0.15) is 8.62 Å². The van der Waals surface area contributed by atoms with Crippen LogP contribution < -0.4 is 5.73 Å². The Hall–Kier alpha value is -3.68. The molecule has 250 valence electrons. The Morgan fingerprint density at radius 1 is 0.978 bits per heavy atom. The summed E-state index contributed by atoms with van der Waals surface area (Å²) >= 11 is 0. The van der Waals surface area contributed by atoms with Crippen LogP contribution in [0.25, 0.3) is 11.2 Å². The Morgan fingerprint density at radius 2 is 1.65 bits per heavy atom. The molecule has 0 saturated carbocycles. The van der Waals surface area contributed by atoms with Gasteiger partial charge in [0, 0.05) is 4.92 Å². The first-order valence-electron chi connectivity index (χ1n) is 11.8. The van der Waals surface area contributed by atoms with E-state index in [9.17, 15) is 53.8 Å². The maximum Gasteiger partial charge on any atom is 0.490 e. The summed E-state index contributed by atoms with van der Waals surface area (Å²) in [7, 11) is -17.4. The lowest BCUT2D eigenvalue weighted by molar-refractivity contribution is -0.569. The first-order valence-corrected chi connectivity index (χ1v) is 16.3. The zero-order valence-electron chi connectivity index (χ0n) is 21.9. The number of hydrogen-bond acceptors (Lipinski definition) is 19. The van der Waals surface area contributed by atoms with Gasteiger partial charge in [-0.15, -0.1) is 0 Å². The summed E-state index contributed by atoms with van der Waals surface area (Å²) in [5.41, 5.74) is 3.47. The third kappa shape index (κ3) is 6.32. The quantitative estimate of drug-likeness (QED) is 0.107. The van der Waals surface area contributed by atoms with Crippen molar-refractivity contribution in [2.45, 2.75) is 36.4 Å². The molecule has 5 rings (SSSR count). The number of nitro groups is 3. The van der Waals surface area contributed by atoms with Crippen LogP contribution >= 0.6 is 23.5 Å². The number of imidazole rings is 1. The van der Waals surface area contributed by atoms with Crippen molar-refractivity contribution in [2.24, 2.45) is 0 Å². The van der Waals surface area contributed by atoms with E-state index < -0.39 is 92.6 Å². The number of phosphoric ester groups is 1. The number of hydrogen-bond donors (Lipinski definition) is 5. The van der Waals surface area contributed by atoms with E-state index in [-0.39, 0.29) is 17.0 Å². The van der Waals surface area contributed by atoms with Crippen LogP contribution in [0.3, 0.4) is 0 Å². The average molecular weight is 718 g/mol. The SMILES string of the molecule is Nc1ncnc2c1ncn2C1OC(COP(=O)(O)OP(=O)(O)OP(=O)(O)O)C2OC3(OC21)C([N+](=O)[O-])=CC([N+](=O)[O-])=CC3[N+](=O)[O-]. The number of rotatable bonds is 11. The molecule has 2 aromatic heterocycles. The maximum absolute atomic E-state index is 12.4. The van der Waals surface area contributed by atoms with Gasteiger partial charge < -0.3 is 39.5 Å². The van der Waals surface area contributed by atoms with Crippen molar-refractivity contribution in [1.29, 1.82) is 0 Å². The number of nitrogens with zero attached hydrogens (tertiary/aromatic N) is 7. The standard InChI is InChI=1S/C16H17N8O19P3/c17-13-10-14(19-4-18-13)21(5-20-10)15-12-11(7(39-15)3-38-45(34,35)43-46(36,37)42-44(31,32)33)40-16(41-12)8(23(27)28)1-6(22(25)26)2-9(16)24(29)30/h1-2,4-5,7-8,11-12,15H,3H2,(H,34,35)(H,36,37)(H2,17,18,19)(H2,31,32,33). The van der Waals surface area contributed by atoms with E-state index in [1.54, 1.807) is 0 Å². The summed E-state index contributed by atoms with van der Waals surface area (Å²) in [6, 6.07) is -2.42. The monoisotopic (exact) mass is 718 g/mol. The summed E-state index contributed by atoms with van der Waals surface area (Å²) in [6.45, 7) is -1.19. The van der Waals surface area contributed by atoms with Crippen molar-refractivity contribution in [3.8, 4) is 0 Å². The van der Waals surface area contributed by atoms with Crippen LogP contribution in [0.4, 0.5) is 5.82 Å². The van der Waals surface area contributed by atoms with Crippen LogP contribution in [-0.4, -0.2) is 90.6 Å². The molecule has 0 amide bonds. The van der Waals surface area contributed by atoms with Crippen molar-refractivity contribution in [3.05, 3.63) is 66.5 Å². The fourth-order valence-corrected chi connectivity index (χ4v) is 7.79. The van der Waals surface area contributed by atoms with Gasteiger partial charge in [-0.05, 0) is 0 Å². The molecule has 3 aliphatic rings. The molecule has 0 aromatic carbocycles. The molecule has 2 aromatic rings. The number of ether oxygens (including phenoxy) is 3. The minimum atomic E-state index is -5.94. The zero-order chi connectivity index (χ0) is 34.0. The lowest BCUT2D eigenvalue weighted by Gasteiger charge is -2.30. The first-order chi connectivity index (χ1) is 21.2. The van der Waals surface area contributed by atoms with Gasteiger partial charge in [0.25, 0.3) is 5.70 Å². The van der Waals surface area contributed by atoms with Crippen LogP contribution in [0, 0.1) is 30.3 Å². The highest BCUT2D eigenvalue weighted by molar-refractivity contribution is 7.66. The summed E-state index contributed by atoms with van der Waals surface area (Å²) in [5.74, 6) is -3.08. The second-order valence-electron chi connectivity index (χ2n) is 9.23. The summed E-state index contributed by atoms with van der Waals surface area (Å²) in [6.07, 6.45) is -3.73. The predicted octanol–water partition coefficient (Wildman–Crippen LogP) is -0.890. The second-order valence-corrected chi connectivity index (χ2v) is 13.7. The lowest BCUT2D eigenvalue weighted by Crippen LogP contribution is -2.53. The lowest BCUT2D eigenvalue weighted by atomic mass is 9.96. The van der Waals surface area contributed by atoms with Crippen molar-refractivity contribution in [2.75, 3.05) is 12.3 Å². The molecule has 4 heterocycles. The van der Waals surface area contributed by atoms with E-state index in [0.717, 1.165) is 17.2 Å². The Bertz CT molecular complexity index is 1840. The average Bonchev–Trinajstić information content (AvgIpc) is 3.58. The van der Waals surface area contributed by atoms with Gasteiger partial charge in [0.05, 0.1) is 34.9 Å². The highest BCUT2D eigenvalue weighted by Gasteiger charge is 2.72. The summed E-state index contributed by atoms with van der Waals surface area (Å²) < 4.78 is 65.4. The van der Waals surface area contributed by atoms with E-state index in [1.165, 1.54) is 0 Å². The van der Waals surface area contributed by atoms with Gasteiger partial charge in [-0.25, -0.2) is 28.6 Å². The summed E-state index contributed by atoms with van der Waals surface area (Å²) in [5, 5.41) is 35.6. The molecule has 2 fully saturated rings. The zero-order valence-corrected chi connectivity index (χ0v) is 24.5. The number of phosphoric acid groups is 3.